The van der Waals surface area contributed by atoms with Gasteiger partial charge in [0.2, 0.25) is 0 Å². The van der Waals surface area contributed by atoms with Crippen molar-refractivity contribution in [3.8, 4) is 0 Å². The molecule has 0 amide bonds. The van der Waals surface area contributed by atoms with Crippen LogP contribution in [0, 0.1) is 0 Å². The van der Waals surface area contributed by atoms with Gasteiger partial charge in [0.25, 0.3) is 0 Å². The zero-order chi connectivity index (χ0) is 10.8. The fraction of sp³-hybridized carbons (Fsp3) is 0.400. The second-order valence-corrected chi connectivity index (χ2v) is 4.56. The highest BCUT2D eigenvalue weighted by Crippen LogP contribution is 2.15. The molecule has 15 heavy (non-hydrogen) atoms. The Balaban J connectivity index is 2.27. The average molecular weight is 269 g/mol. The molecule has 2 heterocycles. The first-order chi connectivity index (χ1) is 7.16. The molecule has 0 atom stereocenters. The monoisotopic (exact) mass is 268 g/mol. The first kappa shape index (κ1) is 10.6. The third kappa shape index (κ3) is 2.35. The average Bonchev–Trinajstić information content (AvgIpc) is 2.59. The molecule has 0 spiro atoms. The first-order valence-electron chi connectivity index (χ1n) is 4.81. The Morgan fingerprint density at radius 2 is 2.27 bits per heavy atom. The fourth-order valence-electron chi connectivity index (χ4n) is 1.35. The van der Waals surface area contributed by atoms with Crippen molar-refractivity contribution >= 4 is 21.6 Å². The van der Waals surface area contributed by atoms with Gasteiger partial charge in [-0.25, -0.2) is 9.50 Å². The maximum atomic E-state index is 4.46. The molecule has 0 aliphatic carbocycles. The molecular formula is C10H13BrN4. The van der Waals surface area contributed by atoms with Gasteiger partial charge in [-0.05, 0) is 42.2 Å². The van der Waals surface area contributed by atoms with E-state index in [2.05, 4.69) is 30.9 Å². The van der Waals surface area contributed by atoms with E-state index in [9.17, 15) is 0 Å². The molecule has 2 aromatic heterocycles. The van der Waals surface area contributed by atoms with Gasteiger partial charge in [-0.1, -0.05) is 0 Å². The minimum absolute atomic E-state index is 0.876. The number of pyridine rings is 1. The molecule has 0 saturated heterocycles. The highest BCUT2D eigenvalue weighted by molar-refractivity contribution is 9.10. The van der Waals surface area contributed by atoms with Gasteiger partial charge < -0.3 is 4.90 Å². The summed E-state index contributed by atoms with van der Waals surface area (Å²) >= 11 is 3.46. The largest absolute Gasteiger partial charge is 0.309 e. The number of hydrogen-bond acceptors (Lipinski definition) is 3. The van der Waals surface area contributed by atoms with Crippen LogP contribution in [0.3, 0.4) is 0 Å². The third-order valence-corrected chi connectivity index (χ3v) is 2.76. The first-order valence-corrected chi connectivity index (χ1v) is 5.60. The van der Waals surface area contributed by atoms with E-state index in [1.165, 1.54) is 0 Å². The summed E-state index contributed by atoms with van der Waals surface area (Å²) in [7, 11) is 4.09. The van der Waals surface area contributed by atoms with Crippen LogP contribution in [0.25, 0.3) is 5.65 Å². The van der Waals surface area contributed by atoms with Crippen molar-refractivity contribution in [1.29, 1.82) is 0 Å². The summed E-state index contributed by atoms with van der Waals surface area (Å²) in [6, 6.07) is 3.92. The van der Waals surface area contributed by atoms with E-state index in [0.29, 0.717) is 0 Å². The molecule has 4 nitrogen and oxygen atoms in total. The molecule has 0 radical (unpaired) electrons. The van der Waals surface area contributed by atoms with E-state index in [4.69, 9.17) is 0 Å². The van der Waals surface area contributed by atoms with E-state index in [-0.39, 0.29) is 0 Å². The molecule has 0 aromatic carbocycles. The van der Waals surface area contributed by atoms with Crippen LogP contribution >= 0.6 is 15.9 Å². The van der Waals surface area contributed by atoms with Crippen LogP contribution in [-0.4, -0.2) is 40.1 Å². The summed E-state index contributed by atoms with van der Waals surface area (Å²) in [5.41, 5.74) is 0.881. The SMILES string of the molecule is CN(C)CCc1nc2c(Br)cccn2n1. The van der Waals surface area contributed by atoms with E-state index >= 15 is 0 Å². The van der Waals surface area contributed by atoms with Crippen molar-refractivity contribution in [2.75, 3.05) is 20.6 Å². The summed E-state index contributed by atoms with van der Waals surface area (Å²) in [5.74, 6) is 0.885. The molecule has 2 rings (SSSR count). The molecule has 80 valence electrons. The lowest BCUT2D eigenvalue weighted by atomic mass is 10.4. The van der Waals surface area contributed by atoms with Gasteiger partial charge in [0.1, 0.15) is 0 Å². The Kier molecular flexibility index (Phi) is 3.02. The predicted molar refractivity (Wildman–Crippen MR) is 62.9 cm³/mol. The van der Waals surface area contributed by atoms with Crippen molar-refractivity contribution in [3.63, 3.8) is 0 Å². The fourth-order valence-corrected chi connectivity index (χ4v) is 1.77. The lowest BCUT2D eigenvalue weighted by molar-refractivity contribution is 0.409. The Bertz CT molecular complexity index is 463. The quantitative estimate of drug-likeness (QED) is 0.848. The summed E-state index contributed by atoms with van der Waals surface area (Å²) in [5, 5.41) is 4.39. The highest BCUT2D eigenvalue weighted by atomic mass is 79.9. The van der Waals surface area contributed by atoms with Crippen molar-refractivity contribution in [1.82, 2.24) is 19.5 Å². The zero-order valence-electron chi connectivity index (χ0n) is 8.81. The van der Waals surface area contributed by atoms with Crippen LogP contribution in [0.4, 0.5) is 0 Å². The van der Waals surface area contributed by atoms with Crippen LogP contribution in [0.2, 0.25) is 0 Å². The minimum atomic E-state index is 0.876. The number of likely N-dealkylation sites (N-methyl/N-ethyl adjacent to an activating group) is 1. The lowest BCUT2D eigenvalue weighted by Crippen LogP contribution is -2.15. The van der Waals surface area contributed by atoms with Crippen LogP contribution in [-0.2, 0) is 6.42 Å². The van der Waals surface area contributed by atoms with Crippen LogP contribution < -0.4 is 0 Å². The minimum Gasteiger partial charge on any atom is -0.309 e. The Morgan fingerprint density at radius 3 is 2.93 bits per heavy atom. The molecule has 0 unspecified atom stereocenters. The van der Waals surface area contributed by atoms with Gasteiger partial charge in [-0.15, -0.1) is 0 Å². The van der Waals surface area contributed by atoms with Crippen molar-refractivity contribution < 1.29 is 0 Å². The summed E-state index contributed by atoms with van der Waals surface area (Å²) in [6.45, 7) is 0.967. The molecule has 0 saturated carbocycles. The molecule has 5 heteroatoms. The number of aromatic nitrogens is 3. The molecule has 0 aliphatic heterocycles. The number of nitrogens with zero attached hydrogens (tertiary/aromatic N) is 4. The third-order valence-electron chi connectivity index (χ3n) is 2.14. The van der Waals surface area contributed by atoms with Crippen LogP contribution in [0.15, 0.2) is 22.8 Å². The second kappa shape index (κ2) is 4.28. The van der Waals surface area contributed by atoms with Crippen LogP contribution in [0.1, 0.15) is 5.82 Å². The zero-order valence-corrected chi connectivity index (χ0v) is 10.4. The van der Waals surface area contributed by atoms with Gasteiger partial charge in [0.05, 0.1) is 4.47 Å². The second-order valence-electron chi connectivity index (χ2n) is 3.71. The smallest absolute Gasteiger partial charge is 0.169 e. The maximum absolute atomic E-state index is 4.46. The molecule has 0 bridgehead atoms. The van der Waals surface area contributed by atoms with Gasteiger partial charge in [-0.2, -0.15) is 5.10 Å². The van der Waals surface area contributed by atoms with E-state index in [1.807, 2.05) is 32.4 Å². The number of halogens is 1. The molecule has 0 aliphatic rings. The number of fused-ring (bicyclic) bond motifs is 1. The van der Waals surface area contributed by atoms with Crippen molar-refractivity contribution in [2.45, 2.75) is 6.42 Å². The highest BCUT2D eigenvalue weighted by Gasteiger charge is 2.05. The topological polar surface area (TPSA) is 33.4 Å². The standard InChI is InChI=1S/C10H13BrN4/c1-14(2)7-5-9-12-10-8(11)4-3-6-15(10)13-9/h3-4,6H,5,7H2,1-2H3. The Labute approximate surface area is 97.0 Å². The Hall–Kier alpha value is -0.940. The molecular weight excluding hydrogens is 256 g/mol. The van der Waals surface area contributed by atoms with Crippen molar-refractivity contribution in [2.24, 2.45) is 0 Å². The molecule has 2 aromatic rings. The van der Waals surface area contributed by atoms with Crippen LogP contribution in [0.5, 0.6) is 0 Å². The van der Waals surface area contributed by atoms with E-state index in [0.717, 1.165) is 28.9 Å². The number of hydrogen-bond donors (Lipinski definition) is 0. The summed E-state index contributed by atoms with van der Waals surface area (Å²) in [6.07, 6.45) is 2.79. The van der Waals surface area contributed by atoms with Crippen molar-refractivity contribution in [3.05, 3.63) is 28.6 Å². The normalized spacial score (nSPS) is 11.5. The van der Waals surface area contributed by atoms with Gasteiger partial charge in [0, 0.05) is 19.2 Å². The van der Waals surface area contributed by atoms with Gasteiger partial charge in [0.15, 0.2) is 11.5 Å². The van der Waals surface area contributed by atoms with E-state index in [1.54, 1.807) is 4.52 Å². The lowest BCUT2D eigenvalue weighted by Gasteiger charge is -2.05. The predicted octanol–water partition coefficient (Wildman–Crippen LogP) is 1.60. The Morgan fingerprint density at radius 1 is 1.47 bits per heavy atom. The molecule has 0 N–H and O–H groups in total. The number of rotatable bonds is 3. The summed E-state index contributed by atoms with van der Waals surface area (Å²) < 4.78 is 2.78. The van der Waals surface area contributed by atoms with Gasteiger partial charge in [-0.3, -0.25) is 0 Å². The summed E-state index contributed by atoms with van der Waals surface area (Å²) in [4.78, 5) is 6.59. The van der Waals surface area contributed by atoms with Gasteiger partial charge >= 0.3 is 0 Å². The maximum Gasteiger partial charge on any atom is 0.169 e. The molecule has 0 fully saturated rings. The van der Waals surface area contributed by atoms with E-state index < -0.39 is 0 Å².